The van der Waals surface area contributed by atoms with Gasteiger partial charge in [0.15, 0.2) is 0 Å². The molecule has 1 aliphatic heterocycles. The summed E-state index contributed by atoms with van der Waals surface area (Å²) in [7, 11) is -1.06. The van der Waals surface area contributed by atoms with Crippen molar-refractivity contribution in [3.8, 4) is 0 Å². The van der Waals surface area contributed by atoms with Crippen molar-refractivity contribution in [3.63, 3.8) is 0 Å². The molecule has 128 valence electrons. The third-order valence-corrected chi connectivity index (χ3v) is 5.90. The van der Waals surface area contributed by atoms with E-state index in [-0.39, 0.29) is 17.9 Å². The maximum absolute atomic E-state index is 12.6. The number of carbonyl (C=O) groups excluding carboxylic acids is 2. The number of amides is 2. The summed E-state index contributed by atoms with van der Waals surface area (Å²) < 4.78 is 5.40. The Morgan fingerprint density at radius 2 is 1.91 bits per heavy atom. The maximum Gasteiger partial charge on any atom is 0.417 e. The van der Waals surface area contributed by atoms with Crippen LogP contribution in [-0.4, -0.2) is 36.6 Å². The van der Waals surface area contributed by atoms with Gasteiger partial charge in [0.2, 0.25) is 5.91 Å². The summed E-state index contributed by atoms with van der Waals surface area (Å²) in [4.78, 5) is 26.3. The molecule has 0 bridgehead atoms. The minimum Gasteiger partial charge on any atom is -0.443 e. The van der Waals surface area contributed by atoms with E-state index >= 15 is 0 Å². The van der Waals surface area contributed by atoms with Gasteiger partial charge in [-0.2, -0.15) is 0 Å². The van der Waals surface area contributed by atoms with Crippen LogP contribution in [0.15, 0.2) is 0 Å². The second-order valence-electron chi connectivity index (χ2n) is 8.64. The Balaban J connectivity index is 2.67. The molecule has 22 heavy (non-hydrogen) atoms. The van der Waals surface area contributed by atoms with Gasteiger partial charge in [0.1, 0.15) is 5.60 Å². The third-order valence-electron chi connectivity index (χ3n) is 4.05. The van der Waals surface area contributed by atoms with Crippen LogP contribution < -0.4 is 0 Å². The molecule has 1 heterocycles. The first-order valence-corrected chi connectivity index (χ1v) is 12.2. The van der Waals surface area contributed by atoms with Crippen molar-refractivity contribution in [1.82, 2.24) is 4.90 Å². The molecule has 0 aromatic carbocycles. The van der Waals surface area contributed by atoms with E-state index in [9.17, 15) is 9.59 Å². The normalized spacial score (nSPS) is 23.0. The molecule has 0 aliphatic carbocycles. The highest BCUT2D eigenvalue weighted by Crippen LogP contribution is 2.32. The third kappa shape index (κ3) is 5.74. The molecule has 0 aromatic rings. The topological polar surface area (TPSA) is 46.6 Å². The first-order valence-electron chi connectivity index (χ1n) is 8.50. The van der Waals surface area contributed by atoms with Crippen molar-refractivity contribution < 1.29 is 14.3 Å². The van der Waals surface area contributed by atoms with Crippen molar-refractivity contribution in [2.24, 2.45) is 5.92 Å². The fraction of sp³-hybridized carbons (Fsp3) is 0.882. The zero-order valence-electron chi connectivity index (χ0n) is 15.4. The Kier molecular flexibility index (Phi) is 6.24. The van der Waals surface area contributed by atoms with Crippen LogP contribution in [-0.2, 0) is 9.53 Å². The number of ether oxygens (including phenoxy) is 1. The van der Waals surface area contributed by atoms with E-state index in [4.69, 9.17) is 4.74 Å². The molecule has 1 fully saturated rings. The van der Waals surface area contributed by atoms with Crippen LogP contribution in [0.4, 0.5) is 4.79 Å². The Labute approximate surface area is 136 Å². The standard InChI is InChI=1S/C17H33NO3Si/c1-8-14-12-13(10-9-11-22(5,6)7)15(19)18(14)16(20)21-17(2,3)4/h13-14H,8-12H2,1-7H3/t13-,14+/m0/s1. The lowest BCUT2D eigenvalue weighted by atomic mass is 9.99. The highest BCUT2D eigenvalue weighted by Gasteiger charge is 2.43. The van der Waals surface area contributed by atoms with E-state index in [1.807, 2.05) is 27.7 Å². The molecule has 0 unspecified atom stereocenters. The molecule has 0 radical (unpaired) electrons. The lowest BCUT2D eigenvalue weighted by molar-refractivity contribution is -0.131. The van der Waals surface area contributed by atoms with Gasteiger partial charge in [0, 0.05) is 20.0 Å². The Morgan fingerprint density at radius 3 is 2.36 bits per heavy atom. The molecule has 1 aliphatic rings. The maximum atomic E-state index is 12.6. The molecule has 0 aromatic heterocycles. The van der Waals surface area contributed by atoms with E-state index in [0.29, 0.717) is 0 Å². The number of likely N-dealkylation sites (tertiary alicyclic amines) is 1. The monoisotopic (exact) mass is 327 g/mol. The van der Waals surface area contributed by atoms with Gasteiger partial charge in [0.25, 0.3) is 0 Å². The summed E-state index contributed by atoms with van der Waals surface area (Å²) in [6.07, 6.45) is 3.11. The van der Waals surface area contributed by atoms with Crippen molar-refractivity contribution >= 4 is 20.1 Å². The molecule has 0 spiro atoms. The van der Waals surface area contributed by atoms with Gasteiger partial charge in [-0.1, -0.05) is 39.0 Å². The highest BCUT2D eigenvalue weighted by molar-refractivity contribution is 6.76. The van der Waals surface area contributed by atoms with Crippen LogP contribution in [0.2, 0.25) is 25.7 Å². The van der Waals surface area contributed by atoms with E-state index < -0.39 is 19.8 Å². The minimum absolute atomic E-state index is 0.000711. The Morgan fingerprint density at radius 1 is 1.32 bits per heavy atom. The minimum atomic E-state index is -1.06. The quantitative estimate of drug-likeness (QED) is 0.690. The molecule has 1 rings (SSSR count). The molecule has 2 amide bonds. The SMILES string of the molecule is CC[C@@H]1C[C@H](CCC[Si](C)(C)C)C(=O)N1C(=O)OC(C)(C)C. The number of nitrogens with zero attached hydrogens (tertiary/aromatic N) is 1. The largest absolute Gasteiger partial charge is 0.443 e. The van der Waals surface area contributed by atoms with Crippen LogP contribution in [0, 0.1) is 5.92 Å². The summed E-state index contributed by atoms with van der Waals surface area (Å²) in [6, 6.07) is 1.24. The Hall–Kier alpha value is -0.843. The number of hydrogen-bond acceptors (Lipinski definition) is 3. The van der Waals surface area contributed by atoms with Crippen LogP contribution >= 0.6 is 0 Å². The average molecular weight is 328 g/mol. The lowest BCUT2D eigenvalue weighted by Gasteiger charge is -2.26. The lowest BCUT2D eigenvalue weighted by Crippen LogP contribution is -2.42. The van der Waals surface area contributed by atoms with Crippen molar-refractivity contribution in [2.75, 3.05) is 0 Å². The first-order chi connectivity index (χ1) is 9.94. The molecule has 0 saturated carbocycles. The first kappa shape index (κ1) is 19.2. The van der Waals surface area contributed by atoms with Crippen LogP contribution in [0.25, 0.3) is 0 Å². The van der Waals surface area contributed by atoms with Crippen LogP contribution in [0.3, 0.4) is 0 Å². The van der Waals surface area contributed by atoms with Gasteiger partial charge in [0.05, 0.1) is 0 Å². The smallest absolute Gasteiger partial charge is 0.417 e. The number of imide groups is 1. The van der Waals surface area contributed by atoms with Crippen molar-refractivity contribution in [3.05, 3.63) is 0 Å². The van der Waals surface area contributed by atoms with E-state index in [2.05, 4.69) is 19.6 Å². The summed E-state index contributed by atoms with van der Waals surface area (Å²) in [5, 5.41) is 0. The molecular formula is C17H33NO3Si. The zero-order chi connectivity index (χ0) is 17.1. The number of rotatable bonds is 5. The molecule has 4 nitrogen and oxygen atoms in total. The predicted molar refractivity (Wildman–Crippen MR) is 92.7 cm³/mol. The second-order valence-corrected chi connectivity index (χ2v) is 14.3. The van der Waals surface area contributed by atoms with Crippen molar-refractivity contribution in [2.45, 2.75) is 90.7 Å². The zero-order valence-corrected chi connectivity index (χ0v) is 16.4. The number of carbonyl (C=O) groups is 2. The number of hydrogen-bond donors (Lipinski definition) is 0. The predicted octanol–water partition coefficient (Wildman–Crippen LogP) is 4.67. The summed E-state index contributed by atoms with van der Waals surface area (Å²) >= 11 is 0. The molecule has 2 atom stereocenters. The van der Waals surface area contributed by atoms with Crippen LogP contribution in [0.5, 0.6) is 0 Å². The van der Waals surface area contributed by atoms with Gasteiger partial charge >= 0.3 is 6.09 Å². The van der Waals surface area contributed by atoms with Crippen molar-refractivity contribution in [1.29, 1.82) is 0 Å². The second kappa shape index (κ2) is 7.15. The van der Waals surface area contributed by atoms with Gasteiger partial charge in [-0.05, 0) is 40.0 Å². The average Bonchev–Trinajstić information content (AvgIpc) is 2.62. The molecule has 5 heteroatoms. The van der Waals surface area contributed by atoms with E-state index in [1.54, 1.807) is 0 Å². The summed E-state index contributed by atoms with van der Waals surface area (Å²) in [5.74, 6) is -0.0366. The Bertz CT molecular complexity index is 409. The van der Waals surface area contributed by atoms with E-state index in [0.717, 1.165) is 25.7 Å². The molecular weight excluding hydrogens is 294 g/mol. The van der Waals surface area contributed by atoms with Crippen LogP contribution in [0.1, 0.15) is 53.4 Å². The molecule has 0 N–H and O–H groups in total. The van der Waals surface area contributed by atoms with Gasteiger partial charge < -0.3 is 4.74 Å². The van der Waals surface area contributed by atoms with Gasteiger partial charge in [-0.25, -0.2) is 9.69 Å². The van der Waals surface area contributed by atoms with Gasteiger partial charge in [-0.15, -0.1) is 0 Å². The highest BCUT2D eigenvalue weighted by atomic mass is 28.3. The molecule has 1 saturated heterocycles. The fourth-order valence-corrected chi connectivity index (χ4v) is 4.20. The van der Waals surface area contributed by atoms with Gasteiger partial charge in [-0.3, -0.25) is 4.79 Å². The summed E-state index contributed by atoms with van der Waals surface area (Å²) in [5.41, 5.74) is -0.564. The fourth-order valence-electron chi connectivity index (χ4n) is 2.93. The van der Waals surface area contributed by atoms with E-state index in [1.165, 1.54) is 10.9 Å². The summed E-state index contributed by atoms with van der Waals surface area (Å²) in [6.45, 7) is 14.6.